The smallest absolute Gasteiger partial charge is 0.270 e. The molecule has 20 heavy (non-hydrogen) atoms. The summed E-state index contributed by atoms with van der Waals surface area (Å²) in [7, 11) is 0. The number of hydrogen-bond acceptors (Lipinski definition) is 2. The predicted molar refractivity (Wildman–Crippen MR) is 72.2 cm³/mol. The zero-order chi connectivity index (χ0) is 14.3. The lowest BCUT2D eigenvalue weighted by molar-refractivity contribution is -0.123. The maximum absolute atomic E-state index is 13.4. The molecule has 0 aliphatic carbocycles. The van der Waals surface area contributed by atoms with Crippen LogP contribution in [-0.4, -0.2) is 41.3 Å². The maximum Gasteiger partial charge on any atom is 0.270 e. The Labute approximate surface area is 118 Å². The van der Waals surface area contributed by atoms with Gasteiger partial charge in [-0.05, 0) is 18.2 Å². The Morgan fingerprint density at radius 3 is 2.95 bits per heavy atom. The molecule has 2 amide bonds. The molecule has 1 aliphatic rings. The molecule has 7 heteroatoms. The first-order valence-corrected chi connectivity index (χ1v) is 6.47. The van der Waals surface area contributed by atoms with Crippen LogP contribution in [0.3, 0.4) is 0 Å². The van der Waals surface area contributed by atoms with Gasteiger partial charge in [0.1, 0.15) is 11.5 Å². The van der Waals surface area contributed by atoms with Gasteiger partial charge in [-0.1, -0.05) is 11.6 Å². The third kappa shape index (κ3) is 2.12. The molecular weight excluding hydrogens is 285 g/mol. The number of rotatable bonds is 1. The highest BCUT2D eigenvalue weighted by atomic mass is 35.5. The molecule has 5 nitrogen and oxygen atoms in total. The molecule has 1 saturated heterocycles. The normalized spacial score (nSPS) is 15.5. The summed E-state index contributed by atoms with van der Waals surface area (Å²) in [5, 5.41) is 3.08. The van der Waals surface area contributed by atoms with Gasteiger partial charge < -0.3 is 15.2 Å². The Kier molecular flexibility index (Phi) is 3.10. The lowest BCUT2D eigenvalue weighted by Crippen LogP contribution is -2.50. The van der Waals surface area contributed by atoms with Gasteiger partial charge in [0.2, 0.25) is 5.91 Å². The first kappa shape index (κ1) is 12.9. The molecule has 2 N–H and O–H groups in total. The number of nitrogens with zero attached hydrogens (tertiary/aromatic N) is 1. The molecular formula is C13H11ClFN3O2. The Hall–Kier alpha value is -2.08. The van der Waals surface area contributed by atoms with Crippen LogP contribution in [0.2, 0.25) is 5.02 Å². The van der Waals surface area contributed by atoms with E-state index >= 15 is 0 Å². The van der Waals surface area contributed by atoms with E-state index in [0.29, 0.717) is 29.7 Å². The van der Waals surface area contributed by atoms with Crippen molar-refractivity contribution in [1.82, 2.24) is 15.2 Å². The van der Waals surface area contributed by atoms with Gasteiger partial charge in [0.15, 0.2) is 0 Å². The summed E-state index contributed by atoms with van der Waals surface area (Å²) in [4.78, 5) is 27.9. The summed E-state index contributed by atoms with van der Waals surface area (Å²) in [6.45, 7) is 0.901. The summed E-state index contributed by atoms with van der Waals surface area (Å²) >= 11 is 5.87. The fourth-order valence-corrected chi connectivity index (χ4v) is 2.46. The number of aromatic nitrogens is 1. The number of benzene rings is 1. The fourth-order valence-electron chi connectivity index (χ4n) is 2.24. The average molecular weight is 296 g/mol. The first-order chi connectivity index (χ1) is 9.56. The largest absolute Gasteiger partial charge is 0.353 e. The summed E-state index contributed by atoms with van der Waals surface area (Å²) in [6, 6.07) is 4.27. The predicted octanol–water partition coefficient (Wildman–Crippen LogP) is 1.53. The standard InChI is InChI=1S/C13H11ClFN3O2/c14-12-7-5-10(17-9(7)2-1-8(12)15)13(20)18-4-3-16-11(19)6-18/h1-2,5,17H,3-4,6H2,(H,16,19). The monoisotopic (exact) mass is 295 g/mol. The van der Waals surface area contributed by atoms with Gasteiger partial charge in [-0.2, -0.15) is 0 Å². The molecule has 0 unspecified atom stereocenters. The van der Waals surface area contributed by atoms with Gasteiger partial charge >= 0.3 is 0 Å². The number of nitrogens with one attached hydrogen (secondary N) is 2. The van der Waals surface area contributed by atoms with E-state index in [1.807, 2.05) is 0 Å². The molecule has 1 aliphatic heterocycles. The molecule has 2 heterocycles. The number of piperazine rings is 1. The second-order valence-corrected chi connectivity index (χ2v) is 4.96. The summed E-state index contributed by atoms with van der Waals surface area (Å²) in [5.41, 5.74) is 0.878. The Morgan fingerprint density at radius 2 is 2.20 bits per heavy atom. The van der Waals surface area contributed by atoms with Crippen molar-refractivity contribution < 1.29 is 14.0 Å². The third-order valence-electron chi connectivity index (χ3n) is 3.25. The van der Waals surface area contributed by atoms with Crippen molar-refractivity contribution in [3.63, 3.8) is 0 Å². The molecule has 104 valence electrons. The van der Waals surface area contributed by atoms with Crippen molar-refractivity contribution in [1.29, 1.82) is 0 Å². The molecule has 1 aromatic carbocycles. The highest BCUT2D eigenvalue weighted by molar-refractivity contribution is 6.35. The number of aromatic amines is 1. The summed E-state index contributed by atoms with van der Waals surface area (Å²) < 4.78 is 13.4. The van der Waals surface area contributed by atoms with Gasteiger partial charge in [-0.3, -0.25) is 9.59 Å². The highest BCUT2D eigenvalue weighted by Gasteiger charge is 2.24. The minimum absolute atomic E-state index is 0.0193. The lowest BCUT2D eigenvalue weighted by atomic mass is 10.2. The topological polar surface area (TPSA) is 65.2 Å². The van der Waals surface area contributed by atoms with E-state index in [2.05, 4.69) is 10.3 Å². The summed E-state index contributed by atoms with van der Waals surface area (Å²) in [5.74, 6) is -1.02. The van der Waals surface area contributed by atoms with Gasteiger partial charge in [0.25, 0.3) is 5.91 Å². The minimum atomic E-state index is -0.533. The van der Waals surface area contributed by atoms with Crippen LogP contribution in [0.4, 0.5) is 4.39 Å². The number of halogens is 2. The Morgan fingerprint density at radius 1 is 1.40 bits per heavy atom. The van der Waals surface area contributed by atoms with E-state index in [0.717, 1.165) is 0 Å². The molecule has 0 radical (unpaired) electrons. The SMILES string of the molecule is O=C1CN(C(=O)c2cc3c(Cl)c(F)ccc3[nH]2)CCN1. The van der Waals surface area contributed by atoms with E-state index in [4.69, 9.17) is 11.6 Å². The van der Waals surface area contributed by atoms with Crippen molar-refractivity contribution in [2.75, 3.05) is 19.6 Å². The maximum atomic E-state index is 13.4. The van der Waals surface area contributed by atoms with Crippen LogP contribution < -0.4 is 5.32 Å². The lowest BCUT2D eigenvalue weighted by Gasteiger charge is -2.26. The molecule has 1 aromatic heterocycles. The Bertz CT molecular complexity index is 713. The highest BCUT2D eigenvalue weighted by Crippen LogP contribution is 2.27. The second kappa shape index (κ2) is 4.79. The van der Waals surface area contributed by atoms with Gasteiger partial charge in [-0.15, -0.1) is 0 Å². The van der Waals surface area contributed by atoms with Crippen molar-refractivity contribution in [3.05, 3.63) is 34.7 Å². The first-order valence-electron chi connectivity index (χ1n) is 6.09. The van der Waals surface area contributed by atoms with Gasteiger partial charge in [-0.25, -0.2) is 4.39 Å². The second-order valence-electron chi connectivity index (χ2n) is 4.58. The number of carbonyl (C=O) groups is 2. The van der Waals surface area contributed by atoms with Crippen LogP contribution in [0.5, 0.6) is 0 Å². The molecule has 1 fully saturated rings. The van der Waals surface area contributed by atoms with Crippen LogP contribution >= 0.6 is 11.6 Å². The fraction of sp³-hybridized carbons (Fsp3) is 0.231. The molecule has 3 rings (SSSR count). The van der Waals surface area contributed by atoms with E-state index in [-0.39, 0.29) is 23.4 Å². The zero-order valence-electron chi connectivity index (χ0n) is 10.4. The van der Waals surface area contributed by atoms with Crippen LogP contribution in [0.1, 0.15) is 10.5 Å². The molecule has 2 aromatic rings. The third-order valence-corrected chi connectivity index (χ3v) is 3.63. The quantitative estimate of drug-likeness (QED) is 0.838. The number of fused-ring (bicyclic) bond motifs is 1. The minimum Gasteiger partial charge on any atom is -0.353 e. The van der Waals surface area contributed by atoms with E-state index in [9.17, 15) is 14.0 Å². The van der Waals surface area contributed by atoms with Crippen LogP contribution in [-0.2, 0) is 4.79 Å². The number of carbonyl (C=O) groups excluding carboxylic acids is 2. The summed E-state index contributed by atoms with van der Waals surface area (Å²) in [6.07, 6.45) is 0. The number of hydrogen-bond donors (Lipinski definition) is 2. The van der Waals surface area contributed by atoms with Crippen molar-refractivity contribution in [3.8, 4) is 0 Å². The van der Waals surface area contributed by atoms with Crippen LogP contribution in [0, 0.1) is 5.82 Å². The van der Waals surface area contributed by atoms with Crippen molar-refractivity contribution >= 4 is 34.3 Å². The molecule has 0 saturated carbocycles. The number of amides is 2. The van der Waals surface area contributed by atoms with Gasteiger partial charge in [0, 0.05) is 24.0 Å². The van der Waals surface area contributed by atoms with Gasteiger partial charge in [0.05, 0.1) is 11.6 Å². The van der Waals surface area contributed by atoms with E-state index in [1.54, 1.807) is 0 Å². The van der Waals surface area contributed by atoms with Crippen molar-refractivity contribution in [2.24, 2.45) is 0 Å². The van der Waals surface area contributed by atoms with Crippen LogP contribution in [0.15, 0.2) is 18.2 Å². The van der Waals surface area contributed by atoms with Crippen molar-refractivity contribution in [2.45, 2.75) is 0 Å². The number of H-pyrrole nitrogens is 1. The zero-order valence-corrected chi connectivity index (χ0v) is 11.1. The average Bonchev–Trinajstić information content (AvgIpc) is 2.87. The Balaban J connectivity index is 1.96. The molecule has 0 atom stereocenters. The van der Waals surface area contributed by atoms with Crippen LogP contribution in [0.25, 0.3) is 10.9 Å². The molecule has 0 spiro atoms. The van der Waals surface area contributed by atoms with E-state index < -0.39 is 5.82 Å². The molecule has 0 bridgehead atoms. The van der Waals surface area contributed by atoms with E-state index in [1.165, 1.54) is 23.1 Å².